The molecule has 0 aromatic carbocycles. The summed E-state index contributed by atoms with van der Waals surface area (Å²) in [6.45, 7) is 1.88. The Bertz CT molecular complexity index is 979. The summed E-state index contributed by atoms with van der Waals surface area (Å²) in [6.07, 6.45) is 11.0. The Kier molecular flexibility index (Phi) is 6.34. The highest BCUT2D eigenvalue weighted by Gasteiger charge is 2.26. The quantitative estimate of drug-likeness (QED) is 0.461. The summed E-state index contributed by atoms with van der Waals surface area (Å²) in [5, 5.41) is 15.9. The van der Waals surface area contributed by atoms with Crippen LogP contribution >= 0.6 is 23.1 Å². The van der Waals surface area contributed by atoms with E-state index in [0.29, 0.717) is 11.7 Å². The van der Waals surface area contributed by atoms with Crippen molar-refractivity contribution < 1.29 is 0 Å². The lowest BCUT2D eigenvalue weighted by atomic mass is 9.99. The highest BCUT2D eigenvalue weighted by molar-refractivity contribution is 7.98. The molecule has 1 unspecified atom stereocenters. The van der Waals surface area contributed by atoms with Gasteiger partial charge >= 0.3 is 0 Å². The van der Waals surface area contributed by atoms with Gasteiger partial charge in [-0.2, -0.15) is 5.26 Å². The van der Waals surface area contributed by atoms with Crippen molar-refractivity contribution in [3.63, 3.8) is 0 Å². The molecule has 0 saturated carbocycles. The molecule has 0 bridgehead atoms. The van der Waals surface area contributed by atoms with Crippen LogP contribution in [0.25, 0.3) is 0 Å². The summed E-state index contributed by atoms with van der Waals surface area (Å²) < 4.78 is 0. The summed E-state index contributed by atoms with van der Waals surface area (Å²) in [6, 6.07) is 5.87. The van der Waals surface area contributed by atoms with E-state index in [1.807, 2.05) is 30.8 Å². The van der Waals surface area contributed by atoms with Gasteiger partial charge in [-0.3, -0.25) is 4.90 Å². The first-order valence-corrected chi connectivity index (χ1v) is 11.5. The molecule has 7 nitrogen and oxygen atoms in total. The van der Waals surface area contributed by atoms with Crippen molar-refractivity contribution >= 4 is 33.9 Å². The van der Waals surface area contributed by atoms with Crippen LogP contribution in [-0.2, 0) is 6.54 Å². The number of pyridine rings is 1. The van der Waals surface area contributed by atoms with Gasteiger partial charge in [0.15, 0.2) is 10.3 Å². The minimum Gasteiger partial charge on any atom is -0.330 e. The van der Waals surface area contributed by atoms with Crippen LogP contribution in [0, 0.1) is 11.3 Å². The number of piperidine rings is 1. The van der Waals surface area contributed by atoms with Crippen molar-refractivity contribution in [1.29, 1.82) is 5.26 Å². The Labute approximate surface area is 178 Å². The van der Waals surface area contributed by atoms with Crippen molar-refractivity contribution in [2.75, 3.05) is 18.1 Å². The molecule has 1 saturated heterocycles. The Morgan fingerprint density at radius 2 is 2.10 bits per heavy atom. The van der Waals surface area contributed by atoms with Crippen molar-refractivity contribution in [2.24, 2.45) is 0 Å². The number of nitrogens with zero attached hydrogens (tertiary/aromatic N) is 6. The van der Waals surface area contributed by atoms with Crippen molar-refractivity contribution in [1.82, 2.24) is 24.8 Å². The molecular weight excluding hydrogens is 402 g/mol. The van der Waals surface area contributed by atoms with Gasteiger partial charge in [0.25, 0.3) is 0 Å². The average molecular weight is 424 g/mol. The maximum absolute atomic E-state index is 8.87. The molecule has 4 rings (SSSR count). The van der Waals surface area contributed by atoms with Crippen molar-refractivity contribution in [3.05, 3.63) is 53.1 Å². The highest BCUT2D eigenvalue weighted by Crippen LogP contribution is 2.34. The van der Waals surface area contributed by atoms with E-state index < -0.39 is 0 Å². The maximum atomic E-state index is 8.87. The first-order valence-electron chi connectivity index (χ1n) is 9.42. The number of anilines is 2. The van der Waals surface area contributed by atoms with Gasteiger partial charge in [-0.1, -0.05) is 18.2 Å². The zero-order valence-electron chi connectivity index (χ0n) is 16.1. The van der Waals surface area contributed by atoms with Crippen LogP contribution in [0.15, 0.2) is 41.3 Å². The van der Waals surface area contributed by atoms with Crippen LogP contribution in [0.5, 0.6) is 0 Å². The highest BCUT2D eigenvalue weighted by atomic mass is 32.2. The molecule has 3 aromatic rings. The minimum atomic E-state index is 0.301. The van der Waals surface area contributed by atoms with Crippen LogP contribution in [0.4, 0.5) is 10.8 Å². The Morgan fingerprint density at radius 3 is 2.83 bits per heavy atom. The van der Waals surface area contributed by atoms with Gasteiger partial charge in [-0.05, 0) is 37.8 Å². The number of thiazole rings is 1. The molecule has 1 aliphatic rings. The fraction of sp³-hybridized carbons (Fsp3) is 0.350. The number of hydrogen-bond acceptors (Lipinski definition) is 9. The average Bonchev–Trinajstić information content (AvgIpc) is 3.23. The number of thioether (sulfide) groups is 1. The number of likely N-dealkylation sites (tertiary alicyclic amines) is 1. The zero-order chi connectivity index (χ0) is 20.1. The molecule has 3 aromatic heterocycles. The monoisotopic (exact) mass is 423 g/mol. The number of aromatic nitrogens is 4. The van der Waals surface area contributed by atoms with E-state index in [2.05, 4.69) is 30.5 Å². The maximum Gasteiger partial charge on any atom is 0.187 e. The molecule has 4 heterocycles. The smallest absolute Gasteiger partial charge is 0.187 e. The predicted octanol–water partition coefficient (Wildman–Crippen LogP) is 4.39. The van der Waals surface area contributed by atoms with E-state index in [1.165, 1.54) is 12.8 Å². The van der Waals surface area contributed by atoms with Gasteiger partial charge in [-0.25, -0.2) is 19.9 Å². The number of nitriles is 1. The number of hydrogen-bond donors (Lipinski definition) is 1. The van der Waals surface area contributed by atoms with Gasteiger partial charge in [0.05, 0.1) is 23.6 Å². The van der Waals surface area contributed by atoms with E-state index in [9.17, 15) is 0 Å². The Hall–Kier alpha value is -2.54. The molecule has 0 aliphatic carbocycles. The van der Waals surface area contributed by atoms with Crippen molar-refractivity contribution in [2.45, 2.75) is 37.0 Å². The van der Waals surface area contributed by atoms with Gasteiger partial charge in [0.2, 0.25) is 0 Å². The molecule has 148 valence electrons. The van der Waals surface area contributed by atoms with Crippen molar-refractivity contribution in [3.8, 4) is 6.07 Å². The van der Waals surface area contributed by atoms with Gasteiger partial charge in [0, 0.05) is 29.9 Å². The predicted molar refractivity (Wildman–Crippen MR) is 115 cm³/mol. The third-order valence-corrected chi connectivity index (χ3v) is 6.21. The van der Waals surface area contributed by atoms with Gasteiger partial charge < -0.3 is 5.32 Å². The second kappa shape index (κ2) is 9.31. The topological polar surface area (TPSA) is 90.6 Å². The van der Waals surface area contributed by atoms with E-state index in [0.717, 1.165) is 46.7 Å². The standard InChI is InChI=1S/C20H21N7S2/c1-28-19-23-9-14(10-24-19)12-27-7-3-2-4-18(27)17-13-29-20(26-17)25-16-6-5-15(8-21)22-11-16/h5-6,9-11,13,18H,2-4,7,12H2,1H3,(H,25,26). The lowest BCUT2D eigenvalue weighted by Gasteiger charge is -2.34. The number of nitrogens with one attached hydrogen (secondary N) is 1. The van der Waals surface area contributed by atoms with Gasteiger partial charge in [0.1, 0.15) is 11.8 Å². The Balaban J connectivity index is 1.45. The van der Waals surface area contributed by atoms with E-state index >= 15 is 0 Å². The minimum absolute atomic E-state index is 0.301. The lowest BCUT2D eigenvalue weighted by Crippen LogP contribution is -2.33. The van der Waals surface area contributed by atoms with Crippen LogP contribution in [0.2, 0.25) is 0 Å². The molecule has 1 N–H and O–H groups in total. The number of rotatable bonds is 6. The van der Waals surface area contributed by atoms with E-state index in [4.69, 9.17) is 10.2 Å². The Morgan fingerprint density at radius 1 is 1.24 bits per heavy atom. The summed E-state index contributed by atoms with van der Waals surface area (Å²) in [7, 11) is 0. The third-order valence-electron chi connectivity index (χ3n) is 4.86. The van der Waals surface area contributed by atoms with Crippen LogP contribution in [0.1, 0.15) is 42.3 Å². The molecule has 9 heteroatoms. The molecule has 0 amide bonds. The fourth-order valence-electron chi connectivity index (χ4n) is 3.43. The summed E-state index contributed by atoms with van der Waals surface area (Å²) in [4.78, 5) is 20.2. The molecule has 0 radical (unpaired) electrons. The largest absolute Gasteiger partial charge is 0.330 e. The first kappa shape index (κ1) is 19.8. The van der Waals surface area contributed by atoms with E-state index in [1.54, 1.807) is 35.4 Å². The first-order chi connectivity index (χ1) is 14.2. The molecule has 1 atom stereocenters. The zero-order valence-corrected chi connectivity index (χ0v) is 17.7. The van der Waals surface area contributed by atoms with Crippen LogP contribution < -0.4 is 5.32 Å². The molecular formula is C20H21N7S2. The van der Waals surface area contributed by atoms with Crippen LogP contribution in [-0.4, -0.2) is 37.6 Å². The van der Waals surface area contributed by atoms with E-state index in [-0.39, 0.29) is 0 Å². The second-order valence-electron chi connectivity index (χ2n) is 6.81. The fourth-order valence-corrected chi connectivity index (χ4v) is 4.53. The normalized spacial score (nSPS) is 17.0. The summed E-state index contributed by atoms with van der Waals surface area (Å²) in [5.74, 6) is 0. The molecule has 1 aliphatic heterocycles. The third kappa shape index (κ3) is 4.90. The second-order valence-corrected chi connectivity index (χ2v) is 8.44. The van der Waals surface area contributed by atoms with Crippen LogP contribution in [0.3, 0.4) is 0 Å². The summed E-state index contributed by atoms with van der Waals surface area (Å²) >= 11 is 3.15. The lowest BCUT2D eigenvalue weighted by molar-refractivity contribution is 0.137. The SMILES string of the molecule is CSc1ncc(CN2CCCCC2c2csc(Nc3ccc(C#N)nc3)n2)cn1. The molecule has 1 fully saturated rings. The van der Waals surface area contributed by atoms with Gasteiger partial charge in [-0.15, -0.1) is 11.3 Å². The summed E-state index contributed by atoms with van der Waals surface area (Å²) in [5.41, 5.74) is 3.46. The molecule has 29 heavy (non-hydrogen) atoms. The molecule has 0 spiro atoms.